The van der Waals surface area contributed by atoms with Gasteiger partial charge in [-0.15, -0.1) is 0 Å². The van der Waals surface area contributed by atoms with Crippen LogP contribution in [-0.2, 0) is 4.79 Å². The number of primary amides is 1. The van der Waals surface area contributed by atoms with Crippen molar-refractivity contribution in [1.82, 2.24) is 4.90 Å². The van der Waals surface area contributed by atoms with Crippen LogP contribution in [0.25, 0.3) is 10.8 Å². The van der Waals surface area contributed by atoms with E-state index in [0.717, 1.165) is 36.5 Å². The molecule has 1 heterocycles. The highest BCUT2D eigenvalue weighted by molar-refractivity contribution is 6.04. The van der Waals surface area contributed by atoms with Crippen molar-refractivity contribution in [2.75, 3.05) is 10.6 Å². The largest absolute Gasteiger partial charge is 0.351 e. The first-order valence-corrected chi connectivity index (χ1v) is 11.8. The number of nitrogens with one attached hydrogen (secondary N) is 2. The molecule has 7 nitrogen and oxygen atoms in total. The number of nitrogens with zero attached hydrogens (tertiary/aromatic N) is 1. The zero-order chi connectivity index (χ0) is 23.7. The van der Waals surface area contributed by atoms with Crippen molar-refractivity contribution >= 4 is 40.0 Å². The topological polar surface area (TPSA) is 105 Å². The van der Waals surface area contributed by atoms with Gasteiger partial charge in [0.05, 0.1) is 0 Å². The molecule has 0 radical (unpaired) electrons. The normalized spacial score (nSPS) is 21.6. The molecule has 0 spiro atoms. The van der Waals surface area contributed by atoms with Crippen molar-refractivity contribution < 1.29 is 14.4 Å². The lowest BCUT2D eigenvalue weighted by atomic mass is 9.84. The highest BCUT2D eigenvalue weighted by Gasteiger charge is 2.47. The Labute approximate surface area is 198 Å². The van der Waals surface area contributed by atoms with Crippen molar-refractivity contribution in [3.63, 3.8) is 0 Å². The van der Waals surface area contributed by atoms with Crippen LogP contribution in [0.3, 0.4) is 0 Å². The van der Waals surface area contributed by atoms with Gasteiger partial charge in [-0.05, 0) is 66.3 Å². The van der Waals surface area contributed by atoms with E-state index in [1.165, 1.54) is 0 Å². The molecule has 4 amide bonds. The number of anilines is 2. The highest BCUT2D eigenvalue weighted by Crippen LogP contribution is 2.41. The summed E-state index contributed by atoms with van der Waals surface area (Å²) in [5.41, 5.74) is 6.85. The molecule has 0 aromatic heterocycles. The molecule has 3 atom stereocenters. The smallest absolute Gasteiger partial charge is 0.316 e. The first kappa shape index (κ1) is 21.9. The van der Waals surface area contributed by atoms with Gasteiger partial charge in [0.15, 0.2) is 0 Å². The average Bonchev–Trinajstić information content (AvgIpc) is 3.23. The van der Waals surface area contributed by atoms with Gasteiger partial charge in [-0.3, -0.25) is 9.59 Å². The fourth-order valence-corrected chi connectivity index (χ4v) is 5.50. The fraction of sp³-hybridized carbons (Fsp3) is 0.296. The summed E-state index contributed by atoms with van der Waals surface area (Å²) in [6, 6.07) is 19.4. The second kappa shape index (κ2) is 9.17. The number of amides is 4. The number of rotatable bonds is 4. The van der Waals surface area contributed by atoms with E-state index in [1.54, 1.807) is 24.3 Å². The molecule has 0 bridgehead atoms. The number of carbonyl (C=O) groups excluding carboxylic acids is 3. The predicted molar refractivity (Wildman–Crippen MR) is 133 cm³/mol. The van der Waals surface area contributed by atoms with Crippen LogP contribution in [0.4, 0.5) is 16.2 Å². The Morgan fingerprint density at radius 3 is 2.35 bits per heavy atom. The number of fused-ring (bicyclic) bond motifs is 2. The van der Waals surface area contributed by atoms with E-state index in [9.17, 15) is 14.4 Å². The van der Waals surface area contributed by atoms with Crippen LogP contribution in [0, 0.1) is 5.92 Å². The van der Waals surface area contributed by atoms with Crippen LogP contribution in [0.15, 0.2) is 66.7 Å². The summed E-state index contributed by atoms with van der Waals surface area (Å²) in [6.45, 7) is 0. The van der Waals surface area contributed by atoms with Crippen LogP contribution < -0.4 is 16.4 Å². The molecule has 0 unspecified atom stereocenters. The lowest BCUT2D eigenvalue weighted by molar-refractivity contribution is -0.120. The third kappa shape index (κ3) is 4.33. The maximum atomic E-state index is 13.8. The van der Waals surface area contributed by atoms with Crippen LogP contribution in [0.2, 0.25) is 0 Å². The molecular formula is C27H28N4O3. The van der Waals surface area contributed by atoms with Crippen LogP contribution in [-0.4, -0.2) is 34.8 Å². The SMILES string of the molecule is NC(=O)Nc1cccc(NC(=O)[C@@H]2C[C@@H]3CCCC[C@@H]3N2C(=O)c2ccc3ccccc3c2)c1. The number of likely N-dealkylation sites (tertiary alicyclic amines) is 1. The lowest BCUT2D eigenvalue weighted by Gasteiger charge is -2.33. The molecule has 4 N–H and O–H groups in total. The van der Waals surface area contributed by atoms with Gasteiger partial charge in [-0.1, -0.05) is 49.2 Å². The van der Waals surface area contributed by atoms with Crippen LogP contribution >= 0.6 is 0 Å². The third-order valence-corrected chi connectivity index (χ3v) is 7.02. The van der Waals surface area contributed by atoms with Gasteiger partial charge in [0, 0.05) is 23.0 Å². The molecule has 1 aliphatic carbocycles. The minimum absolute atomic E-state index is 0.0753. The first-order valence-electron chi connectivity index (χ1n) is 11.8. The Balaban J connectivity index is 1.42. The summed E-state index contributed by atoms with van der Waals surface area (Å²) in [4.78, 5) is 40.2. The Hall–Kier alpha value is -3.87. The van der Waals surface area contributed by atoms with Gasteiger partial charge >= 0.3 is 6.03 Å². The van der Waals surface area contributed by atoms with Crippen molar-refractivity contribution in [2.24, 2.45) is 11.7 Å². The maximum absolute atomic E-state index is 13.8. The van der Waals surface area contributed by atoms with Crippen molar-refractivity contribution in [1.29, 1.82) is 0 Å². The maximum Gasteiger partial charge on any atom is 0.316 e. The predicted octanol–water partition coefficient (Wildman–Crippen LogP) is 4.74. The molecule has 3 aromatic carbocycles. The van der Waals surface area contributed by atoms with Gasteiger partial charge in [0.25, 0.3) is 5.91 Å². The van der Waals surface area contributed by atoms with E-state index >= 15 is 0 Å². The summed E-state index contributed by atoms with van der Waals surface area (Å²) in [6.07, 6.45) is 4.82. The molecule has 3 aromatic rings. The summed E-state index contributed by atoms with van der Waals surface area (Å²) >= 11 is 0. The average molecular weight is 457 g/mol. The highest BCUT2D eigenvalue weighted by atomic mass is 16.2. The summed E-state index contributed by atoms with van der Waals surface area (Å²) in [5, 5.41) is 7.55. The number of carbonyl (C=O) groups is 3. The summed E-state index contributed by atoms with van der Waals surface area (Å²) in [7, 11) is 0. The number of hydrogen-bond acceptors (Lipinski definition) is 3. The second-order valence-corrected chi connectivity index (χ2v) is 9.20. The van der Waals surface area contributed by atoms with Crippen LogP contribution in [0.5, 0.6) is 0 Å². The monoisotopic (exact) mass is 456 g/mol. The second-order valence-electron chi connectivity index (χ2n) is 9.20. The van der Waals surface area contributed by atoms with E-state index in [4.69, 9.17) is 5.73 Å². The van der Waals surface area contributed by atoms with E-state index < -0.39 is 12.1 Å². The molecule has 1 aliphatic heterocycles. The number of benzene rings is 3. The molecule has 174 valence electrons. The van der Waals surface area contributed by atoms with Crippen molar-refractivity contribution in [2.45, 2.75) is 44.2 Å². The van der Waals surface area contributed by atoms with E-state index in [0.29, 0.717) is 29.3 Å². The van der Waals surface area contributed by atoms with Crippen molar-refractivity contribution in [3.05, 3.63) is 72.3 Å². The zero-order valence-electron chi connectivity index (χ0n) is 18.9. The molecule has 34 heavy (non-hydrogen) atoms. The molecule has 1 saturated heterocycles. The van der Waals surface area contributed by atoms with E-state index in [1.807, 2.05) is 47.4 Å². The van der Waals surface area contributed by atoms with Gasteiger partial charge in [-0.25, -0.2) is 4.79 Å². The Morgan fingerprint density at radius 1 is 0.824 bits per heavy atom. The molecular weight excluding hydrogens is 428 g/mol. The summed E-state index contributed by atoms with van der Waals surface area (Å²) < 4.78 is 0. The minimum atomic E-state index is -0.671. The number of nitrogens with two attached hydrogens (primary N) is 1. The number of hydrogen-bond donors (Lipinski definition) is 3. The van der Waals surface area contributed by atoms with E-state index in [2.05, 4.69) is 10.6 Å². The molecule has 1 saturated carbocycles. The molecule has 7 heteroatoms. The number of urea groups is 1. The van der Waals surface area contributed by atoms with Gasteiger partial charge in [-0.2, -0.15) is 0 Å². The van der Waals surface area contributed by atoms with E-state index in [-0.39, 0.29) is 17.9 Å². The summed E-state index contributed by atoms with van der Waals surface area (Å²) in [5.74, 6) is 0.0287. The fourth-order valence-electron chi connectivity index (χ4n) is 5.50. The van der Waals surface area contributed by atoms with Gasteiger partial charge in [0.1, 0.15) is 6.04 Å². The molecule has 2 aliphatic rings. The Morgan fingerprint density at radius 2 is 1.56 bits per heavy atom. The standard InChI is InChI=1S/C27H28N4O3/c28-27(34)30-22-10-5-9-21(16-22)29-25(32)24-15-19-8-3-4-11-23(19)31(24)26(33)20-13-12-17-6-1-2-7-18(17)14-20/h1-2,5-7,9-10,12-14,16,19,23-24H,3-4,8,11,15H2,(H,29,32)(H3,28,30,34)/t19-,23-,24-/m0/s1. The Kier molecular flexibility index (Phi) is 5.92. The zero-order valence-corrected chi connectivity index (χ0v) is 18.9. The Bertz CT molecular complexity index is 1260. The lowest BCUT2D eigenvalue weighted by Crippen LogP contribution is -2.47. The minimum Gasteiger partial charge on any atom is -0.351 e. The van der Waals surface area contributed by atoms with Gasteiger partial charge < -0.3 is 21.3 Å². The first-order chi connectivity index (χ1) is 16.5. The van der Waals surface area contributed by atoms with Crippen LogP contribution in [0.1, 0.15) is 42.5 Å². The quantitative estimate of drug-likeness (QED) is 0.528. The molecule has 5 rings (SSSR count). The van der Waals surface area contributed by atoms with Gasteiger partial charge in [0.2, 0.25) is 5.91 Å². The van der Waals surface area contributed by atoms with Crippen molar-refractivity contribution in [3.8, 4) is 0 Å². The molecule has 2 fully saturated rings. The third-order valence-electron chi connectivity index (χ3n) is 7.02.